The zero-order valence-electron chi connectivity index (χ0n) is 9.26. The van der Waals surface area contributed by atoms with Crippen LogP contribution < -0.4 is 5.32 Å². The molecule has 0 aliphatic rings. The lowest BCUT2D eigenvalue weighted by Gasteiger charge is -2.17. The third-order valence-electron chi connectivity index (χ3n) is 2.23. The molecule has 1 N–H and O–H groups in total. The summed E-state index contributed by atoms with van der Waals surface area (Å²) in [4.78, 5) is 13.3. The van der Waals surface area contributed by atoms with Gasteiger partial charge in [0.05, 0.1) is 10.6 Å². The summed E-state index contributed by atoms with van der Waals surface area (Å²) in [7, 11) is 3.41. The van der Waals surface area contributed by atoms with Gasteiger partial charge >= 0.3 is 0 Å². The van der Waals surface area contributed by atoms with E-state index in [4.69, 9.17) is 11.6 Å². The maximum absolute atomic E-state index is 13.5. The van der Waals surface area contributed by atoms with Crippen molar-refractivity contribution in [3.8, 4) is 0 Å². The molecule has 0 aliphatic heterocycles. The fourth-order valence-corrected chi connectivity index (χ4v) is 1.43. The van der Waals surface area contributed by atoms with Crippen LogP contribution in [0.25, 0.3) is 0 Å². The molecule has 3 nitrogen and oxygen atoms in total. The van der Waals surface area contributed by atoms with E-state index < -0.39 is 5.82 Å². The third-order valence-corrected chi connectivity index (χ3v) is 2.52. The van der Waals surface area contributed by atoms with Gasteiger partial charge in [0.2, 0.25) is 0 Å². The minimum absolute atomic E-state index is 0.00565. The number of rotatable bonds is 4. The van der Waals surface area contributed by atoms with Crippen LogP contribution in [-0.2, 0) is 0 Å². The zero-order valence-corrected chi connectivity index (χ0v) is 10.0. The van der Waals surface area contributed by atoms with Crippen molar-refractivity contribution in [2.24, 2.45) is 0 Å². The van der Waals surface area contributed by atoms with Crippen molar-refractivity contribution >= 4 is 17.5 Å². The molecule has 0 fully saturated rings. The van der Waals surface area contributed by atoms with Crippen LogP contribution in [0.5, 0.6) is 0 Å². The van der Waals surface area contributed by atoms with E-state index in [0.29, 0.717) is 13.1 Å². The Kier molecular flexibility index (Phi) is 4.71. The fraction of sp³-hybridized carbons (Fsp3) is 0.364. The number of amides is 1. The second kappa shape index (κ2) is 5.82. The number of halogens is 2. The highest BCUT2D eigenvalue weighted by molar-refractivity contribution is 6.31. The van der Waals surface area contributed by atoms with Crippen LogP contribution in [0.15, 0.2) is 18.2 Å². The van der Waals surface area contributed by atoms with Crippen molar-refractivity contribution in [1.29, 1.82) is 0 Å². The summed E-state index contributed by atoms with van der Waals surface area (Å²) in [6.45, 7) is 1.17. The Morgan fingerprint density at radius 1 is 1.56 bits per heavy atom. The van der Waals surface area contributed by atoms with Crippen molar-refractivity contribution in [1.82, 2.24) is 10.2 Å². The Hall–Kier alpha value is -1.13. The molecular formula is C11H14ClFN2O. The second-order valence-corrected chi connectivity index (χ2v) is 3.84. The van der Waals surface area contributed by atoms with Crippen molar-refractivity contribution < 1.29 is 9.18 Å². The van der Waals surface area contributed by atoms with E-state index in [1.165, 1.54) is 17.0 Å². The number of hydrogen-bond donors (Lipinski definition) is 1. The van der Waals surface area contributed by atoms with Crippen LogP contribution in [0.3, 0.4) is 0 Å². The molecule has 88 valence electrons. The van der Waals surface area contributed by atoms with E-state index in [1.54, 1.807) is 20.2 Å². The number of carbonyl (C=O) groups excluding carboxylic acids is 1. The molecule has 0 spiro atoms. The molecule has 0 saturated heterocycles. The first kappa shape index (κ1) is 12.9. The SMILES string of the molecule is CNCCN(C)C(=O)c1cccc(Cl)c1F. The minimum atomic E-state index is -0.662. The average molecular weight is 245 g/mol. The molecule has 0 atom stereocenters. The van der Waals surface area contributed by atoms with E-state index in [-0.39, 0.29) is 16.5 Å². The molecule has 1 rings (SSSR count). The normalized spacial score (nSPS) is 10.2. The highest BCUT2D eigenvalue weighted by atomic mass is 35.5. The van der Waals surface area contributed by atoms with Crippen molar-refractivity contribution in [2.45, 2.75) is 0 Å². The molecule has 0 aliphatic carbocycles. The molecule has 1 amide bonds. The first-order chi connectivity index (χ1) is 7.57. The van der Waals surface area contributed by atoms with Gasteiger partial charge in [-0.15, -0.1) is 0 Å². The van der Waals surface area contributed by atoms with E-state index in [0.717, 1.165) is 0 Å². The topological polar surface area (TPSA) is 32.3 Å². The van der Waals surface area contributed by atoms with Crippen LogP contribution in [0.2, 0.25) is 5.02 Å². The molecule has 16 heavy (non-hydrogen) atoms. The predicted molar refractivity (Wildman–Crippen MR) is 62.3 cm³/mol. The van der Waals surface area contributed by atoms with E-state index in [1.807, 2.05) is 0 Å². The number of nitrogens with zero attached hydrogens (tertiary/aromatic N) is 1. The highest BCUT2D eigenvalue weighted by Crippen LogP contribution is 2.18. The van der Waals surface area contributed by atoms with Crippen molar-refractivity contribution in [3.05, 3.63) is 34.6 Å². The smallest absolute Gasteiger partial charge is 0.256 e. The Morgan fingerprint density at radius 3 is 2.88 bits per heavy atom. The molecule has 0 saturated carbocycles. The lowest BCUT2D eigenvalue weighted by molar-refractivity contribution is 0.0792. The van der Waals surface area contributed by atoms with Crippen LogP contribution in [0.1, 0.15) is 10.4 Å². The van der Waals surface area contributed by atoms with Gasteiger partial charge in [-0.05, 0) is 19.2 Å². The summed E-state index contributed by atoms with van der Waals surface area (Å²) in [6.07, 6.45) is 0. The fourth-order valence-electron chi connectivity index (χ4n) is 1.26. The molecule has 0 aromatic heterocycles. The van der Waals surface area contributed by atoms with Crippen LogP contribution in [-0.4, -0.2) is 38.0 Å². The van der Waals surface area contributed by atoms with Gasteiger partial charge < -0.3 is 10.2 Å². The Bertz CT molecular complexity index is 384. The first-order valence-electron chi connectivity index (χ1n) is 4.92. The van der Waals surface area contributed by atoms with Gasteiger partial charge in [-0.1, -0.05) is 17.7 Å². The lowest BCUT2D eigenvalue weighted by atomic mass is 10.2. The molecule has 5 heteroatoms. The standard InChI is InChI=1S/C11H14ClFN2O/c1-14-6-7-15(2)11(16)8-4-3-5-9(12)10(8)13/h3-5,14H,6-7H2,1-2H3. The van der Waals surface area contributed by atoms with Crippen molar-refractivity contribution in [3.63, 3.8) is 0 Å². The molecule has 0 radical (unpaired) electrons. The summed E-state index contributed by atoms with van der Waals surface area (Å²) in [5.74, 6) is -1.03. The van der Waals surface area contributed by atoms with E-state index >= 15 is 0 Å². The summed E-state index contributed by atoms with van der Waals surface area (Å²) in [5, 5.41) is 2.88. The minimum Gasteiger partial charge on any atom is -0.340 e. The molecule has 1 aromatic rings. The van der Waals surface area contributed by atoms with Crippen LogP contribution in [0.4, 0.5) is 4.39 Å². The quantitative estimate of drug-likeness (QED) is 0.876. The van der Waals surface area contributed by atoms with Crippen LogP contribution in [0, 0.1) is 5.82 Å². The third kappa shape index (κ3) is 2.93. The van der Waals surface area contributed by atoms with Gasteiger partial charge in [0.15, 0.2) is 5.82 Å². The van der Waals surface area contributed by atoms with E-state index in [9.17, 15) is 9.18 Å². The number of carbonyl (C=O) groups is 1. The average Bonchev–Trinajstić information content (AvgIpc) is 2.28. The molecule has 0 heterocycles. The number of nitrogens with one attached hydrogen (secondary N) is 1. The number of benzene rings is 1. The van der Waals surface area contributed by atoms with Gasteiger partial charge in [0.1, 0.15) is 0 Å². The summed E-state index contributed by atoms with van der Waals surface area (Å²) in [5.41, 5.74) is 0.00565. The second-order valence-electron chi connectivity index (χ2n) is 3.43. The lowest BCUT2D eigenvalue weighted by Crippen LogP contribution is -2.33. The number of hydrogen-bond acceptors (Lipinski definition) is 2. The van der Waals surface area contributed by atoms with E-state index in [2.05, 4.69) is 5.32 Å². The van der Waals surface area contributed by atoms with Gasteiger partial charge in [-0.25, -0.2) is 4.39 Å². The van der Waals surface area contributed by atoms with Gasteiger partial charge in [-0.2, -0.15) is 0 Å². The molecule has 0 bridgehead atoms. The van der Waals surface area contributed by atoms with Crippen molar-refractivity contribution in [2.75, 3.05) is 27.2 Å². The monoisotopic (exact) mass is 244 g/mol. The zero-order chi connectivity index (χ0) is 12.1. The molecule has 1 aromatic carbocycles. The van der Waals surface area contributed by atoms with Gasteiger partial charge in [-0.3, -0.25) is 4.79 Å². The van der Waals surface area contributed by atoms with Gasteiger partial charge in [0.25, 0.3) is 5.91 Å². The summed E-state index contributed by atoms with van der Waals surface area (Å²) in [6, 6.07) is 4.41. The maximum atomic E-state index is 13.5. The van der Waals surface area contributed by atoms with Gasteiger partial charge in [0, 0.05) is 20.1 Å². The maximum Gasteiger partial charge on any atom is 0.256 e. The summed E-state index contributed by atoms with van der Waals surface area (Å²) >= 11 is 5.61. The first-order valence-corrected chi connectivity index (χ1v) is 5.29. The molecule has 0 unspecified atom stereocenters. The Morgan fingerprint density at radius 2 is 2.25 bits per heavy atom. The largest absolute Gasteiger partial charge is 0.340 e. The van der Waals surface area contributed by atoms with Crippen LogP contribution >= 0.6 is 11.6 Å². The predicted octanol–water partition coefficient (Wildman–Crippen LogP) is 1.77. The Balaban J connectivity index is 2.84. The highest BCUT2D eigenvalue weighted by Gasteiger charge is 2.17. The Labute approximate surface area is 99.2 Å². The summed E-state index contributed by atoms with van der Waals surface area (Å²) < 4.78 is 13.5. The molecular weight excluding hydrogens is 231 g/mol. The number of likely N-dealkylation sites (N-methyl/N-ethyl adjacent to an activating group) is 2.